The van der Waals surface area contributed by atoms with Gasteiger partial charge in [0.2, 0.25) is 11.7 Å². The predicted molar refractivity (Wildman–Crippen MR) is 75.6 cm³/mol. The number of rotatable bonds is 3. The average Bonchev–Trinajstić information content (AvgIpc) is 2.93. The third-order valence-electron chi connectivity index (χ3n) is 4.00. The van der Waals surface area contributed by atoms with E-state index in [0.717, 1.165) is 18.9 Å². The van der Waals surface area contributed by atoms with Gasteiger partial charge in [-0.2, -0.15) is 13.2 Å². The van der Waals surface area contributed by atoms with Crippen molar-refractivity contribution >= 4 is 11.7 Å². The molecule has 2 N–H and O–H groups in total. The van der Waals surface area contributed by atoms with Gasteiger partial charge in [0.15, 0.2) is 0 Å². The van der Waals surface area contributed by atoms with E-state index in [1.807, 2.05) is 4.90 Å². The molecule has 0 aromatic carbocycles. The minimum absolute atomic E-state index is 0.0295. The quantitative estimate of drug-likeness (QED) is 0.925. The lowest BCUT2D eigenvalue weighted by atomic mass is 9.94. The first-order valence-electron chi connectivity index (χ1n) is 7.26. The Labute approximate surface area is 130 Å². The van der Waals surface area contributed by atoms with Crippen molar-refractivity contribution in [2.24, 2.45) is 5.73 Å². The Morgan fingerprint density at radius 2 is 2.22 bits per heavy atom. The first-order chi connectivity index (χ1) is 10.8. The van der Waals surface area contributed by atoms with Gasteiger partial charge in [-0.1, -0.05) is 0 Å². The van der Waals surface area contributed by atoms with Crippen molar-refractivity contribution in [2.75, 3.05) is 19.6 Å². The minimum atomic E-state index is -4.52. The van der Waals surface area contributed by atoms with E-state index in [9.17, 15) is 18.0 Å². The number of nitrogens with zero attached hydrogens (tertiary/aromatic N) is 4. The Hall–Kier alpha value is -2.16. The molecule has 1 fully saturated rings. The molecule has 0 unspecified atom stereocenters. The van der Waals surface area contributed by atoms with E-state index in [4.69, 9.17) is 5.73 Å². The maximum Gasteiger partial charge on any atom is 0.433 e. The number of halogens is 3. The first kappa shape index (κ1) is 15.7. The fourth-order valence-electron chi connectivity index (χ4n) is 3.05. The van der Waals surface area contributed by atoms with Crippen LogP contribution < -0.4 is 5.73 Å². The summed E-state index contributed by atoms with van der Waals surface area (Å²) in [4.78, 5) is 20.4. The zero-order chi connectivity index (χ0) is 16.6. The number of fused-ring (bicyclic) bond motifs is 1. The van der Waals surface area contributed by atoms with Crippen LogP contribution in [-0.4, -0.2) is 44.8 Å². The van der Waals surface area contributed by atoms with E-state index < -0.39 is 17.8 Å². The summed E-state index contributed by atoms with van der Waals surface area (Å²) >= 11 is 0. The molecule has 0 spiro atoms. The van der Waals surface area contributed by atoms with Crippen molar-refractivity contribution in [2.45, 2.75) is 24.9 Å². The van der Waals surface area contributed by atoms with Crippen LogP contribution in [0.1, 0.15) is 30.1 Å². The predicted octanol–water partition coefficient (Wildman–Crippen LogP) is 1.41. The molecule has 3 heterocycles. The SMILES string of the molecule is NC(=O)CN1CCC[C@@H](c2cc(C(F)(F)F)nc3nccn23)C1. The highest BCUT2D eigenvalue weighted by Crippen LogP contribution is 2.33. The Kier molecular flexibility index (Phi) is 3.97. The van der Waals surface area contributed by atoms with E-state index in [1.54, 1.807) is 10.6 Å². The van der Waals surface area contributed by atoms with Crippen LogP contribution in [0.25, 0.3) is 5.78 Å². The van der Waals surface area contributed by atoms with Crippen LogP contribution in [-0.2, 0) is 11.0 Å². The van der Waals surface area contributed by atoms with Crippen molar-refractivity contribution in [3.8, 4) is 0 Å². The van der Waals surface area contributed by atoms with Gasteiger partial charge in [0.25, 0.3) is 0 Å². The van der Waals surface area contributed by atoms with Gasteiger partial charge in [0, 0.05) is 30.6 Å². The zero-order valence-corrected chi connectivity index (χ0v) is 12.3. The Morgan fingerprint density at radius 1 is 1.43 bits per heavy atom. The smallest absolute Gasteiger partial charge is 0.369 e. The number of imidazole rings is 1. The summed E-state index contributed by atoms with van der Waals surface area (Å²) in [5.41, 5.74) is 4.77. The molecule has 1 aliphatic heterocycles. The van der Waals surface area contributed by atoms with Crippen molar-refractivity contribution in [1.29, 1.82) is 0 Å². The minimum Gasteiger partial charge on any atom is -0.369 e. The van der Waals surface area contributed by atoms with Crippen molar-refractivity contribution in [3.05, 3.63) is 29.8 Å². The van der Waals surface area contributed by atoms with Gasteiger partial charge in [-0.3, -0.25) is 14.1 Å². The Bertz CT molecular complexity index is 727. The zero-order valence-electron chi connectivity index (χ0n) is 12.3. The molecule has 3 rings (SSSR count). The van der Waals surface area contributed by atoms with E-state index in [2.05, 4.69) is 9.97 Å². The van der Waals surface area contributed by atoms with E-state index in [-0.39, 0.29) is 18.2 Å². The van der Waals surface area contributed by atoms with Crippen LogP contribution >= 0.6 is 0 Å². The molecule has 2 aromatic rings. The molecule has 6 nitrogen and oxygen atoms in total. The number of carbonyl (C=O) groups excluding carboxylic acids is 1. The largest absolute Gasteiger partial charge is 0.433 e. The number of hydrogen-bond acceptors (Lipinski definition) is 4. The van der Waals surface area contributed by atoms with E-state index in [0.29, 0.717) is 18.8 Å². The maximum absolute atomic E-state index is 13.0. The average molecular weight is 327 g/mol. The van der Waals surface area contributed by atoms with Crippen LogP contribution in [0.15, 0.2) is 18.5 Å². The molecule has 23 heavy (non-hydrogen) atoms. The highest BCUT2D eigenvalue weighted by molar-refractivity contribution is 5.75. The third kappa shape index (κ3) is 3.29. The summed E-state index contributed by atoms with van der Waals surface area (Å²) in [6.07, 6.45) is 0.0343. The summed E-state index contributed by atoms with van der Waals surface area (Å²) in [5.74, 6) is -0.546. The van der Waals surface area contributed by atoms with Gasteiger partial charge in [-0.15, -0.1) is 0 Å². The van der Waals surface area contributed by atoms with Gasteiger partial charge < -0.3 is 5.73 Å². The molecule has 0 bridgehead atoms. The van der Waals surface area contributed by atoms with Crippen molar-refractivity contribution in [3.63, 3.8) is 0 Å². The molecule has 124 valence electrons. The number of likely N-dealkylation sites (tertiary alicyclic amines) is 1. The van der Waals surface area contributed by atoms with Crippen LogP contribution in [0.5, 0.6) is 0 Å². The number of hydrogen-bond donors (Lipinski definition) is 1. The van der Waals surface area contributed by atoms with Crippen molar-refractivity contribution in [1.82, 2.24) is 19.3 Å². The number of aromatic nitrogens is 3. The summed E-state index contributed by atoms with van der Waals surface area (Å²) < 4.78 is 40.7. The summed E-state index contributed by atoms with van der Waals surface area (Å²) in [6, 6.07) is 1.08. The first-order valence-corrected chi connectivity index (χ1v) is 7.26. The molecular weight excluding hydrogens is 311 g/mol. The summed E-state index contributed by atoms with van der Waals surface area (Å²) in [5, 5.41) is 0. The molecule has 1 amide bonds. The fraction of sp³-hybridized carbons (Fsp3) is 0.500. The molecule has 0 aliphatic carbocycles. The second-order valence-electron chi connectivity index (χ2n) is 5.70. The van der Waals surface area contributed by atoms with Crippen molar-refractivity contribution < 1.29 is 18.0 Å². The van der Waals surface area contributed by atoms with Gasteiger partial charge in [-0.05, 0) is 25.5 Å². The van der Waals surface area contributed by atoms with Gasteiger partial charge >= 0.3 is 6.18 Å². The molecule has 9 heteroatoms. The molecule has 1 saturated heterocycles. The number of alkyl halides is 3. The maximum atomic E-state index is 13.0. The normalized spacial score (nSPS) is 20.0. The van der Waals surface area contributed by atoms with Crippen LogP contribution in [0.4, 0.5) is 13.2 Å². The number of primary amides is 1. The molecule has 0 saturated carbocycles. The standard InChI is InChI=1S/C14H16F3N5O/c15-14(16,17)11-6-10(22-5-3-19-13(22)20-11)9-2-1-4-21(7-9)8-12(18)23/h3,5-6,9H,1-2,4,7-8H2,(H2,18,23)/t9-/m1/s1. The molecule has 2 aromatic heterocycles. The molecule has 1 atom stereocenters. The topological polar surface area (TPSA) is 76.5 Å². The Balaban J connectivity index is 1.97. The second-order valence-corrected chi connectivity index (χ2v) is 5.70. The lowest BCUT2D eigenvalue weighted by Gasteiger charge is -2.32. The molecule has 0 radical (unpaired) electrons. The number of piperidine rings is 1. The number of nitrogens with two attached hydrogens (primary N) is 1. The summed E-state index contributed by atoms with van der Waals surface area (Å²) in [6.45, 7) is 1.31. The van der Waals surface area contributed by atoms with Crippen LogP contribution in [0.2, 0.25) is 0 Å². The number of amides is 1. The monoisotopic (exact) mass is 327 g/mol. The van der Waals surface area contributed by atoms with Gasteiger partial charge in [0.1, 0.15) is 5.69 Å². The number of carbonyl (C=O) groups is 1. The lowest BCUT2D eigenvalue weighted by molar-refractivity contribution is -0.141. The van der Waals surface area contributed by atoms with Crippen LogP contribution in [0, 0.1) is 0 Å². The fourth-order valence-corrected chi connectivity index (χ4v) is 3.05. The molecule has 1 aliphatic rings. The molecular formula is C14H16F3N5O. The summed E-state index contributed by atoms with van der Waals surface area (Å²) in [7, 11) is 0. The van der Waals surface area contributed by atoms with Gasteiger partial charge in [-0.25, -0.2) is 9.97 Å². The van der Waals surface area contributed by atoms with Crippen LogP contribution in [0.3, 0.4) is 0 Å². The highest BCUT2D eigenvalue weighted by atomic mass is 19.4. The van der Waals surface area contributed by atoms with Gasteiger partial charge in [0.05, 0.1) is 6.54 Å². The Morgan fingerprint density at radius 3 is 2.91 bits per heavy atom. The second kappa shape index (κ2) is 5.80. The van der Waals surface area contributed by atoms with E-state index in [1.165, 1.54) is 6.20 Å². The lowest BCUT2D eigenvalue weighted by Crippen LogP contribution is -2.40. The third-order valence-corrected chi connectivity index (χ3v) is 4.00. The van der Waals surface area contributed by atoms with E-state index >= 15 is 0 Å². The highest BCUT2D eigenvalue weighted by Gasteiger charge is 2.35.